The quantitative estimate of drug-likeness (QED) is 0.693. The van der Waals surface area contributed by atoms with E-state index >= 15 is 0 Å². The molecule has 0 radical (unpaired) electrons. The number of nitrogens with one attached hydrogen (secondary N) is 1. The maximum atomic E-state index is 13.5. The molecule has 0 aromatic heterocycles. The number of phenols is 1. The Labute approximate surface area is 194 Å². The molecule has 2 aliphatic rings. The molecule has 33 heavy (non-hydrogen) atoms. The number of ether oxygens (including phenoxy) is 2. The molecule has 1 saturated heterocycles. The first kappa shape index (κ1) is 23.0. The van der Waals surface area contributed by atoms with E-state index in [9.17, 15) is 14.7 Å². The smallest absolute Gasteiger partial charge is 0.228 e. The maximum Gasteiger partial charge on any atom is 0.228 e. The summed E-state index contributed by atoms with van der Waals surface area (Å²) >= 11 is 0. The molecule has 2 amide bonds. The van der Waals surface area contributed by atoms with Crippen molar-refractivity contribution < 1.29 is 24.2 Å². The fourth-order valence-electron chi connectivity index (χ4n) is 5.23. The molecule has 7 heteroatoms. The van der Waals surface area contributed by atoms with E-state index in [1.54, 1.807) is 6.07 Å². The van der Waals surface area contributed by atoms with Gasteiger partial charge in [0, 0.05) is 48.8 Å². The van der Waals surface area contributed by atoms with Crippen LogP contribution in [-0.4, -0.2) is 49.1 Å². The van der Waals surface area contributed by atoms with Gasteiger partial charge in [-0.15, -0.1) is 0 Å². The minimum Gasteiger partial charge on any atom is -0.507 e. The van der Waals surface area contributed by atoms with Gasteiger partial charge in [0.2, 0.25) is 11.8 Å². The number of amides is 2. The Kier molecular flexibility index (Phi) is 6.49. The third-order valence-corrected chi connectivity index (χ3v) is 6.66. The van der Waals surface area contributed by atoms with Crippen molar-refractivity contribution in [1.29, 1.82) is 0 Å². The van der Waals surface area contributed by atoms with Crippen LogP contribution >= 0.6 is 0 Å². The van der Waals surface area contributed by atoms with E-state index < -0.39 is 5.92 Å². The van der Waals surface area contributed by atoms with E-state index in [0.717, 1.165) is 36.3 Å². The van der Waals surface area contributed by atoms with Crippen LogP contribution in [0.3, 0.4) is 0 Å². The highest BCUT2D eigenvalue weighted by Gasteiger charge is 2.31. The Balaban J connectivity index is 1.75. The number of hydrogen-bond donors (Lipinski definition) is 2. The number of carbonyl (C=O) groups is 2. The molecule has 1 fully saturated rings. The lowest BCUT2D eigenvalue weighted by Crippen LogP contribution is -2.43. The van der Waals surface area contributed by atoms with Crippen LogP contribution in [0, 0.1) is 11.8 Å². The van der Waals surface area contributed by atoms with E-state index in [1.807, 2.05) is 23.1 Å². The molecule has 0 aliphatic carbocycles. The predicted octanol–water partition coefficient (Wildman–Crippen LogP) is 3.93. The highest BCUT2D eigenvalue weighted by Crippen LogP contribution is 2.44. The van der Waals surface area contributed by atoms with Crippen molar-refractivity contribution in [3.05, 3.63) is 47.0 Å². The van der Waals surface area contributed by atoms with Crippen molar-refractivity contribution in [1.82, 2.24) is 4.90 Å². The number of hydrogen-bond acceptors (Lipinski definition) is 5. The second kappa shape index (κ2) is 9.33. The molecular formula is C26H32N2O5. The first-order valence-electron chi connectivity index (χ1n) is 11.4. The third-order valence-electron chi connectivity index (χ3n) is 6.66. The van der Waals surface area contributed by atoms with Gasteiger partial charge in [0.25, 0.3) is 0 Å². The first-order chi connectivity index (χ1) is 15.8. The lowest BCUT2D eigenvalue weighted by atomic mass is 9.85. The monoisotopic (exact) mass is 452 g/mol. The van der Waals surface area contributed by atoms with Gasteiger partial charge in [0.1, 0.15) is 17.2 Å². The first-order valence-corrected chi connectivity index (χ1v) is 11.4. The zero-order valence-corrected chi connectivity index (χ0v) is 19.7. The van der Waals surface area contributed by atoms with Gasteiger partial charge in [-0.2, -0.15) is 0 Å². The minimum atomic E-state index is -0.450. The molecule has 1 unspecified atom stereocenters. The Hall–Kier alpha value is -3.22. The summed E-state index contributed by atoms with van der Waals surface area (Å²) in [6.45, 7) is 5.83. The molecule has 4 rings (SSSR count). The van der Waals surface area contributed by atoms with Crippen LogP contribution in [0.4, 0.5) is 5.69 Å². The molecule has 3 atom stereocenters. The number of fused-ring (bicyclic) bond motifs is 1. The van der Waals surface area contributed by atoms with E-state index in [-0.39, 0.29) is 24.0 Å². The molecule has 0 bridgehead atoms. The summed E-state index contributed by atoms with van der Waals surface area (Å²) in [7, 11) is 3.06. The summed E-state index contributed by atoms with van der Waals surface area (Å²) in [6, 6.07) is 9.00. The van der Waals surface area contributed by atoms with Gasteiger partial charge in [0.15, 0.2) is 0 Å². The third kappa shape index (κ3) is 4.77. The summed E-state index contributed by atoms with van der Waals surface area (Å²) in [5.74, 6) is 1.39. The van der Waals surface area contributed by atoms with Gasteiger partial charge in [-0.3, -0.25) is 9.59 Å². The summed E-state index contributed by atoms with van der Waals surface area (Å²) in [5.41, 5.74) is 3.05. The molecule has 0 saturated carbocycles. The van der Waals surface area contributed by atoms with E-state index in [1.165, 1.54) is 20.3 Å². The predicted molar refractivity (Wildman–Crippen MR) is 126 cm³/mol. The fourth-order valence-corrected chi connectivity index (χ4v) is 5.23. The Morgan fingerprint density at radius 1 is 1.15 bits per heavy atom. The number of rotatable bonds is 6. The van der Waals surface area contributed by atoms with E-state index in [0.29, 0.717) is 35.3 Å². The molecular weight excluding hydrogens is 420 g/mol. The molecule has 0 spiro atoms. The molecule has 2 aliphatic heterocycles. The topological polar surface area (TPSA) is 88.1 Å². The minimum absolute atomic E-state index is 0.00825. The largest absolute Gasteiger partial charge is 0.507 e. The number of benzene rings is 2. The zero-order chi connectivity index (χ0) is 23.7. The Morgan fingerprint density at radius 3 is 2.55 bits per heavy atom. The van der Waals surface area contributed by atoms with Crippen LogP contribution in [0.25, 0.3) is 0 Å². The summed E-state index contributed by atoms with van der Waals surface area (Å²) in [4.78, 5) is 27.3. The highest BCUT2D eigenvalue weighted by molar-refractivity contribution is 5.99. The van der Waals surface area contributed by atoms with Crippen LogP contribution in [0.15, 0.2) is 30.3 Å². The van der Waals surface area contributed by atoms with Crippen molar-refractivity contribution in [3.8, 4) is 17.2 Å². The van der Waals surface area contributed by atoms with Crippen molar-refractivity contribution >= 4 is 17.5 Å². The molecule has 176 valence electrons. The lowest BCUT2D eigenvalue weighted by Gasteiger charge is -2.36. The average molecular weight is 453 g/mol. The normalized spacial score (nSPS) is 20.7. The molecule has 2 aromatic carbocycles. The number of likely N-dealkylation sites (tertiary alicyclic amines) is 1. The molecule has 2 heterocycles. The number of piperidine rings is 1. The maximum absolute atomic E-state index is 13.5. The number of anilines is 1. The van der Waals surface area contributed by atoms with E-state index in [2.05, 4.69) is 19.2 Å². The van der Waals surface area contributed by atoms with Gasteiger partial charge in [-0.1, -0.05) is 26.0 Å². The number of nitrogens with zero attached hydrogens (tertiary/aromatic N) is 1. The van der Waals surface area contributed by atoms with Crippen molar-refractivity contribution in [3.63, 3.8) is 0 Å². The van der Waals surface area contributed by atoms with Crippen LogP contribution in [0.5, 0.6) is 17.2 Å². The summed E-state index contributed by atoms with van der Waals surface area (Å²) in [6.07, 6.45) is 1.65. The van der Waals surface area contributed by atoms with Crippen molar-refractivity contribution in [2.24, 2.45) is 11.8 Å². The van der Waals surface area contributed by atoms with E-state index in [4.69, 9.17) is 9.47 Å². The standard InChI is InChI=1S/C26H32N2O5/c1-15-7-16(2)14-28(13-15)25(31)12-20(17-5-6-18-9-24(30)27-21(18)8-17)26-22(29)10-19(32-3)11-23(26)33-4/h5-6,8,10-11,15-16,20,29H,7,9,12-14H2,1-4H3,(H,27,30)/t15-,16+,20?. The lowest BCUT2D eigenvalue weighted by molar-refractivity contribution is -0.134. The SMILES string of the molecule is COc1cc(O)c(C(CC(=O)N2C[C@H](C)C[C@H](C)C2)c2ccc3c(c2)NC(=O)C3)c(OC)c1. The van der Waals surface area contributed by atoms with Gasteiger partial charge in [0.05, 0.1) is 20.6 Å². The second-order valence-corrected chi connectivity index (χ2v) is 9.41. The van der Waals surface area contributed by atoms with Crippen molar-refractivity contribution in [2.45, 2.75) is 39.0 Å². The molecule has 2 aromatic rings. The van der Waals surface area contributed by atoms with Crippen LogP contribution in [0.1, 0.15) is 49.3 Å². The number of phenolic OH excluding ortho intramolecular Hbond substituents is 1. The molecule has 7 nitrogen and oxygen atoms in total. The number of carbonyl (C=O) groups excluding carboxylic acids is 2. The van der Waals surface area contributed by atoms with Gasteiger partial charge >= 0.3 is 0 Å². The Bertz CT molecular complexity index is 1060. The number of methoxy groups -OCH3 is 2. The number of aromatic hydroxyl groups is 1. The van der Waals surface area contributed by atoms with Gasteiger partial charge in [-0.05, 0) is 35.4 Å². The fraction of sp³-hybridized carbons (Fsp3) is 0.462. The highest BCUT2D eigenvalue weighted by atomic mass is 16.5. The average Bonchev–Trinajstić information content (AvgIpc) is 3.15. The molecule has 2 N–H and O–H groups in total. The van der Waals surface area contributed by atoms with Crippen LogP contribution in [0.2, 0.25) is 0 Å². The van der Waals surface area contributed by atoms with Gasteiger partial charge in [-0.25, -0.2) is 0 Å². The van der Waals surface area contributed by atoms with Crippen molar-refractivity contribution in [2.75, 3.05) is 32.6 Å². The second-order valence-electron chi connectivity index (χ2n) is 9.41. The Morgan fingerprint density at radius 2 is 1.88 bits per heavy atom. The van der Waals surface area contributed by atoms with Gasteiger partial charge < -0.3 is 24.8 Å². The zero-order valence-electron chi connectivity index (χ0n) is 19.7. The summed E-state index contributed by atoms with van der Waals surface area (Å²) < 4.78 is 10.9. The summed E-state index contributed by atoms with van der Waals surface area (Å²) in [5, 5.41) is 13.8. The van der Waals surface area contributed by atoms with Crippen LogP contribution in [-0.2, 0) is 16.0 Å². The van der Waals surface area contributed by atoms with Crippen LogP contribution < -0.4 is 14.8 Å².